The second kappa shape index (κ2) is 6.86. The summed E-state index contributed by atoms with van der Waals surface area (Å²) in [5, 5.41) is 5.65. The summed E-state index contributed by atoms with van der Waals surface area (Å²) in [5.74, 6) is -0.888. The fraction of sp³-hybridized carbons (Fsp3) is 0.375. The van der Waals surface area contributed by atoms with Crippen molar-refractivity contribution in [2.45, 2.75) is 37.9 Å². The van der Waals surface area contributed by atoms with Gasteiger partial charge >= 0.3 is 6.18 Å². The molecule has 0 saturated heterocycles. The Bertz CT molecular complexity index is 830. The molecule has 0 spiro atoms. The maximum atomic E-state index is 13.0. The molecular weight excluding hydrogens is 381 g/mol. The molecule has 0 unspecified atom stereocenters. The zero-order valence-corrected chi connectivity index (χ0v) is 13.9. The number of carbonyl (C=O) groups is 1. The maximum Gasteiger partial charge on any atom is 0.418 e. The van der Waals surface area contributed by atoms with E-state index in [1.807, 2.05) is 0 Å². The number of hydrogen-bond acceptors (Lipinski definition) is 2. The fourth-order valence-corrected chi connectivity index (χ4v) is 3.02. The van der Waals surface area contributed by atoms with Gasteiger partial charge in [-0.2, -0.15) is 18.3 Å². The van der Waals surface area contributed by atoms with Crippen LogP contribution in [0.15, 0.2) is 24.3 Å². The average molecular weight is 394 g/mol. The van der Waals surface area contributed by atoms with Crippen LogP contribution in [0.5, 0.6) is 0 Å². The lowest BCUT2D eigenvalue weighted by Gasteiger charge is -2.14. The van der Waals surface area contributed by atoms with Crippen LogP contribution in [0.1, 0.15) is 42.1 Å². The Morgan fingerprint density at radius 3 is 2.54 bits per heavy atom. The van der Waals surface area contributed by atoms with Crippen LogP contribution in [-0.4, -0.2) is 15.7 Å². The van der Waals surface area contributed by atoms with Gasteiger partial charge in [0.2, 0.25) is 5.91 Å². The van der Waals surface area contributed by atoms with Crippen molar-refractivity contribution in [3.05, 3.63) is 46.2 Å². The molecule has 0 radical (unpaired) electrons. The smallest absolute Gasteiger partial charge is 0.324 e. The standard InChI is InChI=1S/C16H13ClF5N3O/c17-12-13(15(18)19)24-25(14(12)8-5-6-8)7-11(26)23-10-4-2-1-3-9(10)16(20,21)22/h1-4,8,15H,5-7H2,(H,23,26). The second-order valence-electron chi connectivity index (χ2n) is 5.91. The lowest BCUT2D eigenvalue weighted by Crippen LogP contribution is -2.22. The Morgan fingerprint density at radius 1 is 1.31 bits per heavy atom. The Hall–Kier alpha value is -2.16. The van der Waals surface area contributed by atoms with E-state index in [1.165, 1.54) is 12.1 Å². The molecule has 1 aromatic carbocycles. The van der Waals surface area contributed by atoms with E-state index in [0.29, 0.717) is 5.69 Å². The summed E-state index contributed by atoms with van der Waals surface area (Å²) in [7, 11) is 0. The highest BCUT2D eigenvalue weighted by molar-refractivity contribution is 6.32. The molecule has 1 aliphatic carbocycles. The third kappa shape index (κ3) is 3.82. The van der Waals surface area contributed by atoms with Gasteiger partial charge in [0.15, 0.2) is 0 Å². The van der Waals surface area contributed by atoms with Crippen molar-refractivity contribution in [2.24, 2.45) is 0 Å². The van der Waals surface area contributed by atoms with E-state index in [2.05, 4.69) is 10.4 Å². The minimum Gasteiger partial charge on any atom is -0.324 e. The van der Waals surface area contributed by atoms with E-state index >= 15 is 0 Å². The van der Waals surface area contributed by atoms with Gasteiger partial charge in [0, 0.05) is 5.92 Å². The normalized spacial score (nSPS) is 14.7. The molecule has 3 rings (SSSR count). The lowest BCUT2D eigenvalue weighted by atomic mass is 10.1. The average Bonchev–Trinajstić information content (AvgIpc) is 3.31. The number of nitrogens with zero attached hydrogens (tertiary/aromatic N) is 2. The first-order chi connectivity index (χ1) is 12.2. The predicted molar refractivity (Wildman–Crippen MR) is 84.2 cm³/mol. The second-order valence-corrected chi connectivity index (χ2v) is 6.29. The van der Waals surface area contributed by atoms with Gasteiger partial charge in [0.25, 0.3) is 6.43 Å². The molecule has 10 heteroatoms. The molecule has 140 valence electrons. The van der Waals surface area contributed by atoms with Crippen molar-refractivity contribution in [1.29, 1.82) is 0 Å². The molecule has 26 heavy (non-hydrogen) atoms. The van der Waals surface area contributed by atoms with E-state index < -0.39 is 42.0 Å². The van der Waals surface area contributed by atoms with Gasteiger partial charge in [-0.3, -0.25) is 9.48 Å². The van der Waals surface area contributed by atoms with Crippen molar-refractivity contribution in [1.82, 2.24) is 9.78 Å². The molecule has 1 N–H and O–H groups in total. The van der Waals surface area contributed by atoms with Crippen LogP contribution in [0.3, 0.4) is 0 Å². The lowest BCUT2D eigenvalue weighted by molar-refractivity contribution is -0.137. The summed E-state index contributed by atoms with van der Waals surface area (Å²) >= 11 is 5.94. The summed E-state index contributed by atoms with van der Waals surface area (Å²) in [6.45, 7) is -0.509. The summed E-state index contributed by atoms with van der Waals surface area (Å²) in [5.41, 5.74) is -1.72. The third-order valence-electron chi connectivity index (χ3n) is 3.93. The van der Waals surface area contributed by atoms with Gasteiger partial charge < -0.3 is 5.32 Å². The van der Waals surface area contributed by atoms with Crippen molar-refractivity contribution >= 4 is 23.2 Å². The maximum absolute atomic E-state index is 13.0. The highest BCUT2D eigenvalue weighted by Crippen LogP contribution is 2.45. The minimum atomic E-state index is -4.64. The van der Waals surface area contributed by atoms with Crippen LogP contribution in [0, 0.1) is 0 Å². The number of anilines is 1. The first kappa shape index (κ1) is 18.6. The Morgan fingerprint density at radius 2 is 1.96 bits per heavy atom. The first-order valence-corrected chi connectivity index (χ1v) is 8.06. The van der Waals surface area contributed by atoms with Gasteiger partial charge in [0.1, 0.15) is 12.2 Å². The van der Waals surface area contributed by atoms with E-state index in [9.17, 15) is 26.7 Å². The number of rotatable bonds is 5. The summed E-state index contributed by atoms with van der Waals surface area (Å²) in [4.78, 5) is 12.2. The van der Waals surface area contributed by atoms with Gasteiger partial charge in [-0.1, -0.05) is 23.7 Å². The highest BCUT2D eigenvalue weighted by atomic mass is 35.5. The summed E-state index contributed by atoms with van der Waals surface area (Å²) in [6.07, 6.45) is -6.09. The van der Waals surface area contributed by atoms with Crippen molar-refractivity contribution < 1.29 is 26.7 Å². The zero-order chi connectivity index (χ0) is 19.1. The van der Waals surface area contributed by atoms with Crippen LogP contribution >= 0.6 is 11.6 Å². The number of aromatic nitrogens is 2. The Labute approximate surface area is 149 Å². The van der Waals surface area contributed by atoms with E-state index in [4.69, 9.17) is 11.6 Å². The van der Waals surface area contributed by atoms with E-state index in [0.717, 1.165) is 29.7 Å². The van der Waals surface area contributed by atoms with E-state index in [-0.39, 0.29) is 10.9 Å². The molecular formula is C16H13ClF5N3O. The summed E-state index contributed by atoms with van der Waals surface area (Å²) in [6, 6.07) is 4.50. The van der Waals surface area contributed by atoms with Gasteiger partial charge in [-0.05, 0) is 25.0 Å². The highest BCUT2D eigenvalue weighted by Gasteiger charge is 2.35. The topological polar surface area (TPSA) is 46.9 Å². The molecule has 1 fully saturated rings. The number of amides is 1. The molecule has 4 nitrogen and oxygen atoms in total. The number of para-hydroxylation sites is 1. The Balaban J connectivity index is 1.83. The fourth-order valence-electron chi connectivity index (χ4n) is 2.64. The van der Waals surface area contributed by atoms with Gasteiger partial charge in [0.05, 0.1) is 22.0 Å². The van der Waals surface area contributed by atoms with Crippen molar-refractivity contribution in [3.8, 4) is 0 Å². The molecule has 0 atom stereocenters. The quantitative estimate of drug-likeness (QED) is 0.726. The van der Waals surface area contributed by atoms with E-state index in [1.54, 1.807) is 0 Å². The molecule has 0 aliphatic heterocycles. The van der Waals surface area contributed by atoms with Crippen molar-refractivity contribution in [2.75, 3.05) is 5.32 Å². The number of benzene rings is 1. The number of alkyl halides is 5. The monoisotopic (exact) mass is 393 g/mol. The summed E-state index contributed by atoms with van der Waals surface area (Å²) < 4.78 is 66.0. The molecule has 0 bridgehead atoms. The molecule has 1 heterocycles. The van der Waals surface area contributed by atoms with Gasteiger partial charge in [-0.25, -0.2) is 8.78 Å². The number of hydrogen-bond donors (Lipinski definition) is 1. The molecule has 2 aromatic rings. The van der Waals surface area contributed by atoms with Crippen molar-refractivity contribution in [3.63, 3.8) is 0 Å². The van der Waals surface area contributed by atoms with Crippen LogP contribution in [0.4, 0.5) is 27.6 Å². The van der Waals surface area contributed by atoms with Gasteiger partial charge in [-0.15, -0.1) is 0 Å². The van der Waals surface area contributed by atoms with Crippen LogP contribution in [0.2, 0.25) is 5.02 Å². The SMILES string of the molecule is O=C(Cn1nc(C(F)F)c(Cl)c1C1CC1)Nc1ccccc1C(F)(F)F. The Kier molecular flexibility index (Phi) is 4.92. The molecule has 1 aliphatic rings. The predicted octanol–water partition coefficient (Wildman–Crippen LogP) is 5.01. The number of carbonyl (C=O) groups excluding carboxylic acids is 1. The largest absolute Gasteiger partial charge is 0.418 e. The number of halogens is 6. The third-order valence-corrected chi connectivity index (χ3v) is 4.31. The minimum absolute atomic E-state index is 0.0715. The number of nitrogens with one attached hydrogen (secondary N) is 1. The van der Waals surface area contributed by atoms with Crippen LogP contribution < -0.4 is 5.32 Å². The zero-order valence-electron chi connectivity index (χ0n) is 13.2. The molecule has 1 amide bonds. The molecule has 1 aromatic heterocycles. The molecule has 1 saturated carbocycles. The van der Waals surface area contributed by atoms with Crippen LogP contribution in [-0.2, 0) is 17.5 Å². The van der Waals surface area contributed by atoms with Crippen LogP contribution in [0.25, 0.3) is 0 Å². The first-order valence-electron chi connectivity index (χ1n) is 7.68.